The van der Waals surface area contributed by atoms with Gasteiger partial charge in [-0.05, 0) is 36.8 Å². The van der Waals surface area contributed by atoms with Gasteiger partial charge in [0.05, 0.1) is 17.9 Å². The number of amides is 1. The molecule has 3 rings (SSSR count). The van der Waals surface area contributed by atoms with Crippen LogP contribution in [0.2, 0.25) is 0 Å². The van der Waals surface area contributed by atoms with Crippen molar-refractivity contribution in [1.82, 2.24) is 14.5 Å². The zero-order valence-electron chi connectivity index (χ0n) is 17.7. The van der Waals surface area contributed by atoms with Gasteiger partial charge in [-0.15, -0.1) is 0 Å². The van der Waals surface area contributed by atoms with Gasteiger partial charge in [-0.3, -0.25) is 9.59 Å². The Morgan fingerprint density at radius 1 is 1.23 bits per heavy atom. The number of aliphatic hydroxyl groups is 1. The minimum atomic E-state index is -0.313. The molecule has 0 aliphatic rings. The second kappa shape index (κ2) is 8.88. The fourth-order valence-electron chi connectivity index (χ4n) is 3.18. The van der Waals surface area contributed by atoms with Crippen LogP contribution in [-0.2, 0) is 7.05 Å². The summed E-state index contributed by atoms with van der Waals surface area (Å²) < 4.78 is 1.44. The number of nitrogens with one attached hydrogen (secondary N) is 1. The van der Waals surface area contributed by atoms with Crippen molar-refractivity contribution in [2.75, 3.05) is 37.0 Å². The number of aliphatic hydroxyl groups excluding tert-OH is 1. The number of benzene rings is 2. The van der Waals surface area contributed by atoms with Gasteiger partial charge >= 0.3 is 0 Å². The summed E-state index contributed by atoms with van der Waals surface area (Å²) in [7, 11) is 3.23. The van der Waals surface area contributed by atoms with Crippen LogP contribution < -0.4 is 22.3 Å². The first-order valence-corrected chi connectivity index (χ1v) is 9.69. The SMILES string of the molecule is Cc1c(N)cccc1-c1cn(C)c(=O)c(Nc2ccc(C(=O)N(C)CCO)c(N)c2)n1. The van der Waals surface area contributed by atoms with Crippen LogP contribution in [0.4, 0.5) is 22.9 Å². The van der Waals surface area contributed by atoms with E-state index in [1.54, 1.807) is 38.5 Å². The van der Waals surface area contributed by atoms with Gasteiger partial charge in [0.25, 0.3) is 11.5 Å². The normalized spacial score (nSPS) is 10.7. The average molecular weight is 422 g/mol. The van der Waals surface area contributed by atoms with Crippen molar-refractivity contribution >= 4 is 28.8 Å². The third-order valence-electron chi connectivity index (χ3n) is 5.05. The number of carbonyl (C=O) groups excluding carboxylic acids is 1. The Kier molecular flexibility index (Phi) is 6.26. The molecule has 162 valence electrons. The first kappa shape index (κ1) is 21.8. The highest BCUT2D eigenvalue weighted by atomic mass is 16.3. The van der Waals surface area contributed by atoms with E-state index in [0.29, 0.717) is 22.6 Å². The summed E-state index contributed by atoms with van der Waals surface area (Å²) in [6.07, 6.45) is 1.66. The summed E-state index contributed by atoms with van der Waals surface area (Å²) in [5.74, 6) is -0.177. The van der Waals surface area contributed by atoms with Gasteiger partial charge in [0, 0.05) is 49.5 Å². The van der Waals surface area contributed by atoms with E-state index in [2.05, 4.69) is 10.3 Å². The third kappa shape index (κ3) is 4.51. The Bertz CT molecular complexity index is 1190. The minimum Gasteiger partial charge on any atom is -0.398 e. The smallest absolute Gasteiger partial charge is 0.293 e. The molecule has 0 bridgehead atoms. The molecule has 0 saturated carbocycles. The number of nitrogen functional groups attached to an aromatic ring is 2. The molecule has 0 atom stereocenters. The topological polar surface area (TPSA) is 140 Å². The molecule has 2 aromatic carbocycles. The van der Waals surface area contributed by atoms with Gasteiger partial charge < -0.3 is 31.4 Å². The highest BCUT2D eigenvalue weighted by Crippen LogP contribution is 2.26. The van der Waals surface area contributed by atoms with Crippen molar-refractivity contribution in [1.29, 1.82) is 0 Å². The van der Waals surface area contributed by atoms with Crippen molar-refractivity contribution in [3.05, 3.63) is 64.1 Å². The first-order valence-electron chi connectivity index (χ1n) is 9.69. The van der Waals surface area contributed by atoms with Crippen molar-refractivity contribution in [2.45, 2.75) is 6.92 Å². The van der Waals surface area contributed by atoms with E-state index in [9.17, 15) is 9.59 Å². The van der Waals surface area contributed by atoms with Crippen LogP contribution in [0, 0.1) is 6.92 Å². The number of likely N-dealkylation sites (N-methyl/N-ethyl adjacent to an activating group) is 1. The van der Waals surface area contributed by atoms with Crippen molar-refractivity contribution in [2.24, 2.45) is 7.05 Å². The summed E-state index contributed by atoms with van der Waals surface area (Å²) >= 11 is 0. The number of rotatable bonds is 6. The van der Waals surface area contributed by atoms with E-state index in [1.807, 2.05) is 25.1 Å². The third-order valence-corrected chi connectivity index (χ3v) is 5.05. The van der Waals surface area contributed by atoms with Crippen LogP contribution in [0.25, 0.3) is 11.3 Å². The van der Waals surface area contributed by atoms with Crippen molar-refractivity contribution in [3.8, 4) is 11.3 Å². The van der Waals surface area contributed by atoms with E-state index < -0.39 is 0 Å². The molecular weight excluding hydrogens is 396 g/mol. The lowest BCUT2D eigenvalue weighted by Gasteiger charge is -2.17. The second-order valence-electron chi connectivity index (χ2n) is 7.29. The molecule has 9 nitrogen and oxygen atoms in total. The molecule has 0 aliphatic carbocycles. The molecule has 0 radical (unpaired) electrons. The van der Waals surface area contributed by atoms with Crippen LogP contribution in [0.3, 0.4) is 0 Å². The molecular formula is C22H26N6O3. The van der Waals surface area contributed by atoms with E-state index in [1.165, 1.54) is 9.47 Å². The fraction of sp³-hybridized carbons (Fsp3) is 0.227. The van der Waals surface area contributed by atoms with E-state index in [4.69, 9.17) is 16.6 Å². The maximum Gasteiger partial charge on any atom is 0.293 e. The van der Waals surface area contributed by atoms with Gasteiger partial charge in [0.2, 0.25) is 0 Å². The maximum atomic E-state index is 12.6. The quantitative estimate of drug-likeness (QED) is 0.444. The number of aryl methyl sites for hydroxylation is 1. The van der Waals surface area contributed by atoms with Crippen LogP contribution in [0.1, 0.15) is 15.9 Å². The zero-order chi connectivity index (χ0) is 22.7. The van der Waals surface area contributed by atoms with Gasteiger partial charge in [0.15, 0.2) is 5.82 Å². The van der Waals surface area contributed by atoms with Crippen LogP contribution in [-0.4, -0.2) is 45.7 Å². The summed E-state index contributed by atoms with van der Waals surface area (Å²) in [5.41, 5.74) is 15.8. The Morgan fingerprint density at radius 2 is 1.97 bits per heavy atom. The van der Waals surface area contributed by atoms with E-state index in [0.717, 1.165) is 11.1 Å². The van der Waals surface area contributed by atoms with Gasteiger partial charge in [-0.25, -0.2) is 4.98 Å². The molecule has 6 N–H and O–H groups in total. The predicted molar refractivity (Wildman–Crippen MR) is 122 cm³/mol. The zero-order valence-corrected chi connectivity index (χ0v) is 17.7. The summed E-state index contributed by atoms with van der Waals surface area (Å²) in [6.45, 7) is 1.96. The fourth-order valence-corrected chi connectivity index (χ4v) is 3.18. The molecule has 31 heavy (non-hydrogen) atoms. The second-order valence-corrected chi connectivity index (χ2v) is 7.29. The Morgan fingerprint density at radius 3 is 2.65 bits per heavy atom. The van der Waals surface area contributed by atoms with Crippen LogP contribution >= 0.6 is 0 Å². The average Bonchev–Trinajstić information content (AvgIpc) is 2.73. The highest BCUT2D eigenvalue weighted by molar-refractivity contribution is 5.99. The number of hydrogen-bond donors (Lipinski definition) is 4. The Hall–Kier alpha value is -3.85. The monoisotopic (exact) mass is 422 g/mol. The molecule has 0 spiro atoms. The lowest BCUT2D eigenvalue weighted by Crippen LogP contribution is -2.30. The standard InChI is InChI=1S/C22H26N6O3/c1-13-15(5-4-6-17(13)23)19-12-28(3)22(31)20(26-19)25-14-7-8-16(18(24)11-14)21(30)27(2)9-10-29/h4-8,11-12,29H,9-10,23-24H2,1-3H3,(H,25,26). The molecule has 0 unspecified atom stereocenters. The first-order chi connectivity index (χ1) is 14.7. The number of carbonyl (C=O) groups is 1. The van der Waals surface area contributed by atoms with Gasteiger partial charge in [-0.1, -0.05) is 12.1 Å². The largest absolute Gasteiger partial charge is 0.398 e. The minimum absolute atomic E-state index is 0.123. The van der Waals surface area contributed by atoms with Crippen LogP contribution in [0.5, 0.6) is 0 Å². The molecule has 1 heterocycles. The molecule has 0 saturated heterocycles. The number of aromatic nitrogens is 2. The number of anilines is 4. The Labute approximate surface area is 179 Å². The van der Waals surface area contributed by atoms with E-state index in [-0.39, 0.29) is 36.1 Å². The lowest BCUT2D eigenvalue weighted by molar-refractivity contribution is 0.0768. The summed E-state index contributed by atoms with van der Waals surface area (Å²) in [5, 5.41) is 12.0. The predicted octanol–water partition coefficient (Wildman–Crippen LogP) is 1.73. The molecule has 1 amide bonds. The Balaban J connectivity index is 1.95. The van der Waals surface area contributed by atoms with Crippen molar-refractivity contribution < 1.29 is 9.90 Å². The number of hydrogen-bond acceptors (Lipinski definition) is 7. The molecule has 3 aromatic rings. The highest BCUT2D eigenvalue weighted by Gasteiger charge is 2.16. The van der Waals surface area contributed by atoms with E-state index >= 15 is 0 Å². The van der Waals surface area contributed by atoms with Crippen LogP contribution in [0.15, 0.2) is 47.4 Å². The summed E-state index contributed by atoms with van der Waals surface area (Å²) in [6, 6.07) is 10.3. The number of nitrogens with two attached hydrogens (primary N) is 2. The van der Waals surface area contributed by atoms with Gasteiger partial charge in [0.1, 0.15) is 0 Å². The molecule has 9 heteroatoms. The summed E-state index contributed by atoms with van der Waals surface area (Å²) in [4.78, 5) is 30.9. The molecule has 1 aromatic heterocycles. The number of nitrogens with zero attached hydrogens (tertiary/aromatic N) is 3. The van der Waals surface area contributed by atoms with Gasteiger partial charge in [-0.2, -0.15) is 0 Å². The lowest BCUT2D eigenvalue weighted by atomic mass is 10.0. The molecule has 0 fully saturated rings. The molecule has 0 aliphatic heterocycles. The maximum absolute atomic E-state index is 12.6. The van der Waals surface area contributed by atoms with Crippen molar-refractivity contribution in [3.63, 3.8) is 0 Å².